The predicted octanol–water partition coefficient (Wildman–Crippen LogP) is 2.50. The molecule has 9 atom stereocenters. The second kappa shape index (κ2) is 24.2. The van der Waals surface area contributed by atoms with Crippen LogP contribution in [-0.4, -0.2) is 154 Å². The molecule has 4 aromatic carbocycles. The Bertz CT molecular complexity index is 2610. The van der Waals surface area contributed by atoms with Gasteiger partial charge in [0, 0.05) is 24.3 Å². The lowest BCUT2D eigenvalue weighted by molar-refractivity contribution is -0.383. The highest BCUT2D eigenvalue weighted by atomic mass is 16.8. The number of aromatic hydroxyl groups is 4. The number of methoxy groups -OCH3 is 2. The summed E-state index contributed by atoms with van der Waals surface area (Å²) < 4.78 is 50.2. The average Bonchev–Trinajstić information content (AvgIpc) is 3.62. The third kappa shape index (κ3) is 14.2. The Labute approximate surface area is 404 Å². The number of rotatable bonds is 19. The van der Waals surface area contributed by atoms with Crippen LogP contribution in [0.5, 0.6) is 34.5 Å². The van der Waals surface area contributed by atoms with E-state index in [-0.39, 0.29) is 34.5 Å². The fraction of sp³-hybridized carbons (Fsp3) is 0.280. The molecule has 376 valence electrons. The van der Waals surface area contributed by atoms with Crippen molar-refractivity contribution in [2.75, 3.05) is 34.0 Å². The van der Waals surface area contributed by atoms with Gasteiger partial charge in [0.05, 0.1) is 14.2 Å². The Morgan fingerprint density at radius 2 is 0.972 bits per heavy atom. The molecule has 0 spiro atoms. The third-order valence-electron chi connectivity index (χ3n) is 10.7. The largest absolute Gasteiger partial charge is 0.508 e. The normalized spacial score (nSPS) is 24.3. The fourth-order valence-electron chi connectivity index (χ4n) is 6.97. The molecule has 21 nitrogen and oxygen atoms in total. The van der Waals surface area contributed by atoms with Crippen LogP contribution >= 0.6 is 0 Å². The van der Waals surface area contributed by atoms with Crippen LogP contribution in [0.2, 0.25) is 0 Å². The topological polar surface area (TPSA) is 313 Å². The Hall–Kier alpha value is -7.76. The van der Waals surface area contributed by atoms with Gasteiger partial charge in [-0.25, -0.2) is 19.2 Å². The van der Waals surface area contributed by atoms with Crippen molar-refractivity contribution < 1.29 is 103 Å². The smallest absolute Gasteiger partial charge is 0.331 e. The van der Waals surface area contributed by atoms with Gasteiger partial charge in [-0.3, -0.25) is 0 Å². The first kappa shape index (κ1) is 52.6. The summed E-state index contributed by atoms with van der Waals surface area (Å²) in [5.41, 5.74) is 1.74. The maximum absolute atomic E-state index is 13.5. The van der Waals surface area contributed by atoms with Crippen LogP contribution < -0.4 is 9.47 Å². The quantitative estimate of drug-likeness (QED) is 0.0380. The molecule has 21 heteroatoms. The number of hydrogen-bond acceptors (Lipinski definition) is 21. The second-order valence-electron chi connectivity index (χ2n) is 15.7. The van der Waals surface area contributed by atoms with Crippen molar-refractivity contribution in [3.63, 3.8) is 0 Å². The highest BCUT2D eigenvalue weighted by molar-refractivity contribution is 5.89. The highest BCUT2D eigenvalue weighted by Gasteiger charge is 2.62. The number of carbonyl (C=O) groups excluding carboxylic acids is 4. The second-order valence-corrected chi connectivity index (χ2v) is 15.7. The minimum Gasteiger partial charge on any atom is -0.508 e. The van der Waals surface area contributed by atoms with Crippen LogP contribution in [0.4, 0.5) is 0 Å². The fourth-order valence-corrected chi connectivity index (χ4v) is 6.97. The minimum atomic E-state index is -2.71. The highest BCUT2D eigenvalue weighted by Crippen LogP contribution is 2.39. The number of aliphatic hydroxyl groups excluding tert-OH is 4. The van der Waals surface area contributed by atoms with Gasteiger partial charge in [0.15, 0.2) is 35.4 Å². The third-order valence-corrected chi connectivity index (χ3v) is 10.7. The van der Waals surface area contributed by atoms with Gasteiger partial charge in [0.2, 0.25) is 5.79 Å². The van der Waals surface area contributed by atoms with Gasteiger partial charge >= 0.3 is 23.9 Å². The number of benzene rings is 4. The molecule has 0 amide bonds. The number of ether oxygens (including phenoxy) is 9. The van der Waals surface area contributed by atoms with Crippen LogP contribution in [0.25, 0.3) is 24.3 Å². The maximum Gasteiger partial charge on any atom is 0.331 e. The van der Waals surface area contributed by atoms with Crippen LogP contribution in [0, 0.1) is 0 Å². The van der Waals surface area contributed by atoms with Crippen molar-refractivity contribution in [2.24, 2.45) is 0 Å². The zero-order valence-electron chi connectivity index (χ0n) is 37.8. The van der Waals surface area contributed by atoms with Gasteiger partial charge in [0.1, 0.15) is 67.9 Å². The van der Waals surface area contributed by atoms with E-state index in [1.807, 2.05) is 0 Å². The molecule has 2 fully saturated rings. The summed E-state index contributed by atoms with van der Waals surface area (Å²) in [6.07, 6.45) is -6.40. The van der Waals surface area contributed by atoms with Crippen molar-refractivity contribution in [1.29, 1.82) is 0 Å². The van der Waals surface area contributed by atoms with Crippen LogP contribution in [0.15, 0.2) is 109 Å². The Kier molecular flexibility index (Phi) is 17.9. The van der Waals surface area contributed by atoms with E-state index in [9.17, 15) is 60.0 Å². The summed E-state index contributed by atoms with van der Waals surface area (Å²) in [5, 5.41) is 84.2. The Balaban J connectivity index is 1.28. The van der Waals surface area contributed by atoms with Crippen LogP contribution in [-0.2, 0) is 52.3 Å². The zero-order chi connectivity index (χ0) is 51.2. The van der Waals surface area contributed by atoms with Gasteiger partial charge in [-0.05, 0) is 95.1 Å². The maximum atomic E-state index is 13.5. The first-order chi connectivity index (χ1) is 34.0. The first-order valence-corrected chi connectivity index (χ1v) is 21.5. The van der Waals surface area contributed by atoms with Crippen molar-refractivity contribution >= 4 is 48.2 Å². The molecule has 2 heterocycles. The molecule has 0 aromatic heterocycles. The first-order valence-electron chi connectivity index (χ1n) is 21.5. The van der Waals surface area contributed by atoms with Crippen molar-refractivity contribution in [3.05, 3.63) is 131 Å². The molecule has 0 aliphatic carbocycles. The zero-order valence-corrected chi connectivity index (χ0v) is 37.8. The number of hydrogen-bond donors (Lipinski definition) is 8. The van der Waals surface area contributed by atoms with Crippen LogP contribution in [0.1, 0.15) is 22.3 Å². The van der Waals surface area contributed by atoms with E-state index in [1.165, 1.54) is 123 Å². The molecule has 6 rings (SSSR count). The lowest BCUT2D eigenvalue weighted by Gasteiger charge is -2.43. The molecule has 71 heavy (non-hydrogen) atoms. The van der Waals surface area contributed by atoms with E-state index in [4.69, 9.17) is 42.6 Å². The molecular weight excluding hydrogens is 937 g/mol. The molecule has 0 unspecified atom stereocenters. The van der Waals surface area contributed by atoms with Gasteiger partial charge in [0.25, 0.3) is 0 Å². The van der Waals surface area contributed by atoms with E-state index < -0.39 is 98.5 Å². The standard InChI is InChI=1S/C50H50O21/c1-63-36-23-30(7-17-34(36)53)11-20-41(56)65-25-38-44(59)46(61)47(62)49(68-38)71-50(27-67-42(57)21-12-31-8-18-35(54)37(24-31)64-2)48(69-43(58)22-10-29-5-15-33(52)16-6-29)45(60)39(70-50)26-66-40(55)19-9-28-3-13-32(51)14-4-28/h3-24,38-39,44-49,51-54,59-62H,25-27H2,1-2H3/b19-9+,20-11+,21-12-,22-10+/t38-,39-,44-,45-,46+,47-,48+,49-,50+/m1/s1. The van der Waals surface area contributed by atoms with Crippen molar-refractivity contribution in [1.82, 2.24) is 0 Å². The van der Waals surface area contributed by atoms with Gasteiger partial charge < -0.3 is 83.5 Å². The van der Waals surface area contributed by atoms with E-state index in [0.29, 0.717) is 22.3 Å². The van der Waals surface area contributed by atoms with Gasteiger partial charge in [-0.1, -0.05) is 36.4 Å². The van der Waals surface area contributed by atoms with Gasteiger partial charge in [-0.2, -0.15) is 0 Å². The molecule has 4 aromatic rings. The predicted molar refractivity (Wildman–Crippen MR) is 246 cm³/mol. The summed E-state index contributed by atoms with van der Waals surface area (Å²) >= 11 is 0. The number of esters is 4. The summed E-state index contributed by atoms with van der Waals surface area (Å²) in [5.74, 6) is -7.02. The lowest BCUT2D eigenvalue weighted by Crippen LogP contribution is -2.63. The Morgan fingerprint density at radius 3 is 1.46 bits per heavy atom. The number of phenolic OH excluding ortho intramolecular Hbond substituents is 4. The summed E-state index contributed by atoms with van der Waals surface area (Å²) in [7, 11) is 2.66. The molecule has 0 radical (unpaired) electrons. The molecular formula is C50H50O21. The molecule has 2 aliphatic heterocycles. The average molecular weight is 987 g/mol. The SMILES string of the molecule is COc1cc(/C=C\C(=O)OC[C@@]2(O[C@H]3O[C@H](COC(=O)/C=C/c4ccc(O)c(OC)c4)[C@@H](O)[C@H](O)[C@H]3O)O[C@H](COC(=O)/C=C/c3ccc(O)cc3)[C@@H](O)[C@@H]2OC(=O)/C=C/c2ccc(O)cc2)ccc1O. The molecule has 0 saturated carbocycles. The van der Waals surface area contributed by atoms with E-state index in [2.05, 4.69) is 0 Å². The minimum absolute atomic E-state index is 0.0121. The van der Waals surface area contributed by atoms with Crippen LogP contribution in [0.3, 0.4) is 0 Å². The Morgan fingerprint density at radius 1 is 0.535 bits per heavy atom. The molecule has 2 aliphatic rings. The van der Waals surface area contributed by atoms with Crippen molar-refractivity contribution in [3.8, 4) is 34.5 Å². The van der Waals surface area contributed by atoms with Crippen molar-refractivity contribution in [2.45, 2.75) is 54.8 Å². The molecule has 0 bridgehead atoms. The van der Waals surface area contributed by atoms with Gasteiger partial charge in [-0.15, -0.1) is 0 Å². The molecule has 2 saturated heterocycles. The summed E-state index contributed by atoms with van der Waals surface area (Å²) in [6, 6.07) is 19.9. The monoisotopic (exact) mass is 986 g/mol. The van der Waals surface area contributed by atoms with E-state index in [0.717, 1.165) is 24.3 Å². The number of aliphatic hydroxyl groups is 4. The number of carbonyl (C=O) groups is 4. The summed E-state index contributed by atoms with van der Waals surface area (Å²) in [6.45, 7) is -2.62. The lowest BCUT2D eigenvalue weighted by atomic mass is 9.98. The summed E-state index contributed by atoms with van der Waals surface area (Å²) in [4.78, 5) is 52.6. The number of phenols is 4. The van der Waals surface area contributed by atoms with E-state index in [1.54, 1.807) is 0 Å². The molecule has 8 N–H and O–H groups in total. The van der Waals surface area contributed by atoms with E-state index >= 15 is 0 Å².